The van der Waals surface area contributed by atoms with Gasteiger partial charge in [-0.15, -0.1) is 5.11 Å². The molecule has 0 saturated heterocycles. The molecule has 7 nitrogen and oxygen atoms in total. The van der Waals surface area contributed by atoms with E-state index in [0.29, 0.717) is 11.4 Å². The van der Waals surface area contributed by atoms with Crippen molar-refractivity contribution < 1.29 is 9.49 Å². The fourth-order valence-corrected chi connectivity index (χ4v) is 3.03. The Labute approximate surface area is 174 Å². The summed E-state index contributed by atoms with van der Waals surface area (Å²) in [4.78, 5) is 12.6. The van der Waals surface area contributed by atoms with Gasteiger partial charge in [0.15, 0.2) is 18.9 Å². The van der Waals surface area contributed by atoms with Crippen molar-refractivity contribution in [3.63, 3.8) is 0 Å². The van der Waals surface area contributed by atoms with Gasteiger partial charge in [0.25, 0.3) is 5.69 Å². The van der Waals surface area contributed by atoms with Crippen molar-refractivity contribution in [2.45, 2.75) is 13.5 Å². The first kappa shape index (κ1) is 20.4. The van der Waals surface area contributed by atoms with E-state index in [2.05, 4.69) is 39.0 Å². The van der Waals surface area contributed by atoms with E-state index in [0.717, 1.165) is 25.3 Å². The molecule has 0 N–H and O–H groups in total. The molecule has 8 heteroatoms. The van der Waals surface area contributed by atoms with Crippen molar-refractivity contribution in [3.8, 4) is 0 Å². The minimum Gasteiger partial charge on any atom is -0.365 e. The number of hydrogen-bond donors (Lipinski definition) is 0. The molecule has 3 rings (SSSR count). The fourth-order valence-electron chi connectivity index (χ4n) is 2.82. The first-order valence-corrected chi connectivity index (χ1v) is 9.59. The van der Waals surface area contributed by atoms with Gasteiger partial charge in [-0.1, -0.05) is 17.7 Å². The third kappa shape index (κ3) is 5.58. The molecule has 2 aromatic carbocycles. The number of nitro groups is 1. The highest BCUT2D eigenvalue weighted by molar-refractivity contribution is 6.33. The van der Waals surface area contributed by atoms with Crippen LogP contribution < -0.4 is 9.47 Å². The monoisotopic (exact) mass is 410 g/mol. The lowest BCUT2D eigenvalue weighted by molar-refractivity contribution is -0.694. The highest BCUT2D eigenvalue weighted by Crippen LogP contribution is 2.30. The number of hydrogen-bond acceptors (Lipinski definition) is 5. The number of likely N-dealkylation sites (N-methyl/N-ethyl adjacent to an activating group) is 1. The highest BCUT2D eigenvalue weighted by atomic mass is 35.5. The summed E-state index contributed by atoms with van der Waals surface area (Å²) < 4.78 is 2.15. The molecule has 29 heavy (non-hydrogen) atoms. The van der Waals surface area contributed by atoms with Gasteiger partial charge in [-0.2, -0.15) is 5.11 Å². The SMILES string of the molecule is CCN(CC[n+]1ccccc1)c1ccc(N=Nc2ccc([N+](=O)[O-])cc2Cl)cc1. The van der Waals surface area contributed by atoms with Gasteiger partial charge < -0.3 is 4.90 Å². The highest BCUT2D eigenvalue weighted by Gasteiger charge is 2.10. The van der Waals surface area contributed by atoms with Crippen molar-refractivity contribution in [2.24, 2.45) is 10.2 Å². The van der Waals surface area contributed by atoms with Crippen molar-refractivity contribution in [1.82, 2.24) is 0 Å². The zero-order valence-corrected chi connectivity index (χ0v) is 16.7. The molecule has 0 aliphatic rings. The Bertz CT molecular complexity index is 994. The van der Waals surface area contributed by atoms with Gasteiger partial charge in [-0.3, -0.25) is 10.1 Å². The normalized spacial score (nSPS) is 11.0. The van der Waals surface area contributed by atoms with Crippen molar-refractivity contribution in [1.29, 1.82) is 0 Å². The molecule has 0 radical (unpaired) electrons. The van der Waals surface area contributed by atoms with Crippen LogP contribution in [0.5, 0.6) is 0 Å². The predicted molar refractivity (Wildman–Crippen MR) is 113 cm³/mol. The molecule has 0 amide bonds. The molecule has 148 valence electrons. The maximum atomic E-state index is 10.8. The van der Waals surface area contributed by atoms with Gasteiger partial charge in [-0.25, -0.2) is 4.57 Å². The number of nitrogens with zero attached hydrogens (tertiary/aromatic N) is 5. The molecule has 0 aliphatic carbocycles. The summed E-state index contributed by atoms with van der Waals surface area (Å²) in [5, 5.41) is 19.2. The second kappa shape index (κ2) is 9.75. The van der Waals surface area contributed by atoms with Crippen LogP contribution in [0.25, 0.3) is 0 Å². The van der Waals surface area contributed by atoms with Gasteiger partial charge in [0.1, 0.15) is 5.69 Å². The average Bonchev–Trinajstić information content (AvgIpc) is 2.75. The number of pyridine rings is 1. The van der Waals surface area contributed by atoms with E-state index in [1.807, 2.05) is 42.5 Å². The van der Waals surface area contributed by atoms with E-state index in [1.165, 1.54) is 18.2 Å². The van der Waals surface area contributed by atoms with Crippen LogP contribution in [0.4, 0.5) is 22.7 Å². The van der Waals surface area contributed by atoms with Gasteiger partial charge in [0, 0.05) is 36.5 Å². The Hall–Kier alpha value is -3.32. The van der Waals surface area contributed by atoms with Gasteiger partial charge >= 0.3 is 0 Å². The summed E-state index contributed by atoms with van der Waals surface area (Å²) >= 11 is 6.04. The predicted octanol–water partition coefficient (Wildman–Crippen LogP) is 5.48. The zero-order valence-electron chi connectivity index (χ0n) is 16.0. The Balaban J connectivity index is 1.66. The van der Waals surface area contributed by atoms with E-state index >= 15 is 0 Å². The van der Waals surface area contributed by atoms with Crippen LogP contribution in [0.15, 0.2) is 83.3 Å². The molecule has 0 bridgehead atoms. The topological polar surface area (TPSA) is 75.0 Å². The van der Waals surface area contributed by atoms with Crippen LogP contribution in [-0.4, -0.2) is 18.0 Å². The Morgan fingerprint density at radius 3 is 2.41 bits per heavy atom. The number of rotatable bonds is 8. The zero-order chi connectivity index (χ0) is 20.6. The minimum absolute atomic E-state index is 0.0772. The van der Waals surface area contributed by atoms with Crippen molar-refractivity contribution >= 4 is 34.4 Å². The maximum Gasteiger partial charge on any atom is 0.271 e. The maximum absolute atomic E-state index is 10.8. The quantitative estimate of drug-likeness (QED) is 0.213. The van der Waals surface area contributed by atoms with E-state index in [9.17, 15) is 10.1 Å². The summed E-state index contributed by atoms with van der Waals surface area (Å²) in [6.45, 7) is 4.81. The fraction of sp³-hybridized carbons (Fsp3) is 0.190. The molecule has 0 saturated carbocycles. The van der Waals surface area contributed by atoms with Gasteiger partial charge in [0.05, 0.1) is 22.2 Å². The first-order chi connectivity index (χ1) is 14.1. The van der Waals surface area contributed by atoms with E-state index in [4.69, 9.17) is 11.6 Å². The summed E-state index contributed by atoms with van der Waals surface area (Å²) in [5.74, 6) is 0. The molecular weight excluding hydrogens is 390 g/mol. The Morgan fingerprint density at radius 1 is 1.07 bits per heavy atom. The number of aromatic nitrogens is 1. The second-order valence-corrected chi connectivity index (χ2v) is 6.71. The van der Waals surface area contributed by atoms with Gasteiger partial charge in [-0.05, 0) is 37.3 Å². The molecule has 1 aromatic heterocycles. The van der Waals surface area contributed by atoms with Crippen LogP contribution in [0.3, 0.4) is 0 Å². The number of non-ortho nitro benzene ring substituents is 1. The summed E-state index contributed by atoms with van der Waals surface area (Å²) in [7, 11) is 0. The number of nitro benzene ring substituents is 1. The largest absolute Gasteiger partial charge is 0.365 e. The lowest BCUT2D eigenvalue weighted by atomic mass is 10.2. The molecular formula is C21H21ClN5O2+. The van der Waals surface area contributed by atoms with E-state index < -0.39 is 4.92 Å². The Kier molecular flexibility index (Phi) is 6.86. The number of anilines is 1. The van der Waals surface area contributed by atoms with Crippen LogP contribution in [-0.2, 0) is 6.54 Å². The smallest absolute Gasteiger partial charge is 0.271 e. The average molecular weight is 411 g/mol. The Morgan fingerprint density at radius 2 is 1.79 bits per heavy atom. The molecule has 0 spiro atoms. The summed E-state index contributed by atoms with van der Waals surface area (Å²) in [5.41, 5.74) is 2.09. The van der Waals surface area contributed by atoms with Crippen LogP contribution in [0.1, 0.15) is 6.92 Å². The van der Waals surface area contributed by atoms with Gasteiger partial charge in [0.2, 0.25) is 0 Å². The van der Waals surface area contributed by atoms with Crippen LogP contribution >= 0.6 is 11.6 Å². The summed E-state index contributed by atoms with van der Waals surface area (Å²) in [6, 6.07) is 17.9. The third-order valence-electron chi connectivity index (χ3n) is 4.42. The van der Waals surface area contributed by atoms with E-state index in [1.54, 1.807) is 0 Å². The van der Waals surface area contributed by atoms with E-state index in [-0.39, 0.29) is 10.7 Å². The molecule has 3 aromatic rings. The van der Waals surface area contributed by atoms with Crippen molar-refractivity contribution in [2.75, 3.05) is 18.0 Å². The van der Waals surface area contributed by atoms with Crippen LogP contribution in [0.2, 0.25) is 5.02 Å². The lowest BCUT2D eigenvalue weighted by Crippen LogP contribution is -2.40. The summed E-state index contributed by atoms with van der Waals surface area (Å²) in [6.07, 6.45) is 4.11. The van der Waals surface area contributed by atoms with Crippen LogP contribution in [0, 0.1) is 10.1 Å². The van der Waals surface area contributed by atoms with Crippen molar-refractivity contribution in [3.05, 3.63) is 88.2 Å². The number of benzene rings is 2. The first-order valence-electron chi connectivity index (χ1n) is 9.21. The molecule has 0 unspecified atom stereocenters. The molecule has 0 fully saturated rings. The minimum atomic E-state index is -0.499. The molecule has 0 atom stereocenters. The molecule has 1 heterocycles. The molecule has 0 aliphatic heterocycles. The number of halogens is 1. The number of azo groups is 1. The second-order valence-electron chi connectivity index (χ2n) is 6.30. The third-order valence-corrected chi connectivity index (χ3v) is 4.72. The lowest BCUT2D eigenvalue weighted by Gasteiger charge is -2.21. The standard InChI is InChI=1S/C21H21ClN5O2/c1-2-26(15-14-25-12-4-3-5-13-25)18-8-6-17(7-9-18)23-24-21-11-10-19(27(28)29)16-20(21)22/h3-13,16H,2,14-15H2,1H3/q+1.